The molecule has 2 aromatic carbocycles. The number of nitrogens with one attached hydrogen (secondary N) is 3. The van der Waals surface area contributed by atoms with Crippen molar-refractivity contribution in [3.8, 4) is 0 Å². The van der Waals surface area contributed by atoms with E-state index >= 15 is 0 Å². The quantitative estimate of drug-likeness (QED) is 0.498. The van der Waals surface area contributed by atoms with Crippen molar-refractivity contribution in [2.45, 2.75) is 31.8 Å². The number of para-hydroxylation sites is 1. The smallest absolute Gasteiger partial charge is 0.328 e. The Labute approximate surface area is 174 Å². The van der Waals surface area contributed by atoms with Crippen LogP contribution in [0.15, 0.2) is 60.8 Å². The fourth-order valence-electron chi connectivity index (χ4n) is 3.43. The van der Waals surface area contributed by atoms with Crippen LogP contribution in [0.25, 0.3) is 10.9 Å². The van der Waals surface area contributed by atoms with Gasteiger partial charge < -0.3 is 20.4 Å². The van der Waals surface area contributed by atoms with E-state index in [0.717, 1.165) is 22.0 Å². The average molecular weight is 407 g/mol. The van der Waals surface area contributed by atoms with Gasteiger partial charge in [-0.2, -0.15) is 0 Å². The summed E-state index contributed by atoms with van der Waals surface area (Å²) in [6.07, 6.45) is 2.40. The molecule has 30 heavy (non-hydrogen) atoms. The number of H-pyrrole nitrogens is 1. The molecule has 0 aliphatic heterocycles. The van der Waals surface area contributed by atoms with Crippen LogP contribution in [0.3, 0.4) is 0 Å². The maximum absolute atomic E-state index is 13.0. The van der Waals surface area contributed by atoms with Gasteiger partial charge in [0.2, 0.25) is 11.8 Å². The van der Waals surface area contributed by atoms with Crippen LogP contribution in [0, 0.1) is 0 Å². The molecule has 3 N–H and O–H groups in total. The summed E-state index contributed by atoms with van der Waals surface area (Å²) in [4.78, 5) is 40.1. The SMILES string of the molecule is COC(=O)[C@H](Cc1c[nH]c2ccccc12)NC(=O)[C@H](Cc1ccccc1)NC(C)=O. The van der Waals surface area contributed by atoms with Crippen LogP contribution in [0.5, 0.6) is 0 Å². The Morgan fingerprint density at radius 3 is 2.33 bits per heavy atom. The summed E-state index contributed by atoms with van der Waals surface area (Å²) < 4.78 is 4.90. The molecule has 0 aliphatic carbocycles. The summed E-state index contributed by atoms with van der Waals surface area (Å²) in [6, 6.07) is 15.4. The van der Waals surface area contributed by atoms with Gasteiger partial charge in [-0.05, 0) is 17.2 Å². The van der Waals surface area contributed by atoms with Gasteiger partial charge in [0.25, 0.3) is 0 Å². The largest absolute Gasteiger partial charge is 0.467 e. The standard InChI is InChI=1S/C23H25N3O4/c1-15(27)25-20(12-16-8-4-3-5-9-16)22(28)26-21(23(29)30-2)13-17-14-24-19-11-7-6-10-18(17)19/h3-11,14,20-21,24H,12-13H2,1-2H3,(H,25,27)(H,26,28)/t20-,21-/m0/s1. The molecule has 0 aliphatic rings. The minimum absolute atomic E-state index is 0.264. The van der Waals surface area contributed by atoms with Crippen molar-refractivity contribution >= 4 is 28.7 Å². The molecule has 3 aromatic rings. The number of esters is 1. The number of fused-ring (bicyclic) bond motifs is 1. The molecule has 0 spiro atoms. The maximum atomic E-state index is 13.0. The summed E-state index contributed by atoms with van der Waals surface area (Å²) in [7, 11) is 1.28. The monoisotopic (exact) mass is 407 g/mol. The van der Waals surface area contributed by atoms with Crippen molar-refractivity contribution < 1.29 is 19.1 Å². The zero-order valence-corrected chi connectivity index (χ0v) is 17.0. The molecule has 1 aromatic heterocycles. The van der Waals surface area contributed by atoms with E-state index in [1.165, 1.54) is 14.0 Å². The van der Waals surface area contributed by atoms with E-state index in [9.17, 15) is 14.4 Å². The van der Waals surface area contributed by atoms with Crippen molar-refractivity contribution in [1.29, 1.82) is 0 Å². The van der Waals surface area contributed by atoms with Crippen molar-refractivity contribution in [2.24, 2.45) is 0 Å². The molecule has 2 atom stereocenters. The lowest BCUT2D eigenvalue weighted by Gasteiger charge is -2.22. The van der Waals surface area contributed by atoms with Crippen LogP contribution in [0.2, 0.25) is 0 Å². The Bertz CT molecular complexity index is 1030. The Hall–Kier alpha value is -3.61. The Morgan fingerprint density at radius 2 is 1.63 bits per heavy atom. The van der Waals surface area contributed by atoms with Crippen LogP contribution in [-0.2, 0) is 32.0 Å². The highest BCUT2D eigenvalue weighted by Crippen LogP contribution is 2.19. The number of carbonyl (C=O) groups excluding carboxylic acids is 3. The van der Waals surface area contributed by atoms with Crippen molar-refractivity contribution in [2.75, 3.05) is 7.11 Å². The summed E-state index contributed by atoms with van der Waals surface area (Å²) in [5.41, 5.74) is 2.74. The highest BCUT2D eigenvalue weighted by Gasteiger charge is 2.28. The average Bonchev–Trinajstić information content (AvgIpc) is 3.15. The molecule has 2 amide bonds. The van der Waals surface area contributed by atoms with Gasteiger partial charge >= 0.3 is 5.97 Å². The van der Waals surface area contributed by atoms with E-state index in [2.05, 4.69) is 15.6 Å². The topological polar surface area (TPSA) is 100 Å². The number of carbonyl (C=O) groups is 3. The molecule has 7 heteroatoms. The predicted octanol–water partition coefficient (Wildman–Crippen LogP) is 2.12. The minimum atomic E-state index is -0.881. The van der Waals surface area contributed by atoms with Gasteiger partial charge in [-0.25, -0.2) is 4.79 Å². The molecule has 0 saturated carbocycles. The van der Waals surface area contributed by atoms with E-state index < -0.39 is 24.0 Å². The first-order valence-corrected chi connectivity index (χ1v) is 9.72. The van der Waals surface area contributed by atoms with Crippen LogP contribution < -0.4 is 10.6 Å². The number of hydrogen-bond acceptors (Lipinski definition) is 4. The van der Waals surface area contributed by atoms with E-state index in [1.807, 2.05) is 60.8 Å². The first-order chi connectivity index (χ1) is 14.5. The molecule has 1 heterocycles. The van der Waals surface area contributed by atoms with Crippen molar-refractivity contribution in [3.05, 3.63) is 71.9 Å². The third kappa shape index (κ3) is 5.26. The molecule has 0 fully saturated rings. The number of benzene rings is 2. The van der Waals surface area contributed by atoms with Gasteiger partial charge in [0.1, 0.15) is 12.1 Å². The third-order valence-electron chi connectivity index (χ3n) is 4.88. The first kappa shape index (κ1) is 21.1. The van der Waals surface area contributed by atoms with Gasteiger partial charge in [0.05, 0.1) is 7.11 Å². The lowest BCUT2D eigenvalue weighted by atomic mass is 10.0. The van der Waals surface area contributed by atoms with Crippen molar-refractivity contribution in [3.63, 3.8) is 0 Å². The lowest BCUT2D eigenvalue weighted by molar-refractivity contribution is -0.145. The number of aromatic amines is 1. The van der Waals surface area contributed by atoms with E-state index in [-0.39, 0.29) is 12.3 Å². The second kappa shape index (κ2) is 9.73. The molecular weight excluding hydrogens is 382 g/mol. The molecule has 0 saturated heterocycles. The number of amides is 2. The zero-order valence-electron chi connectivity index (χ0n) is 17.0. The van der Waals surface area contributed by atoms with Gasteiger partial charge in [-0.1, -0.05) is 48.5 Å². The summed E-state index contributed by atoms with van der Waals surface area (Å²) in [5.74, 6) is -1.31. The van der Waals surface area contributed by atoms with Gasteiger partial charge in [0, 0.05) is 36.9 Å². The van der Waals surface area contributed by atoms with Crippen LogP contribution in [0.4, 0.5) is 0 Å². The highest BCUT2D eigenvalue weighted by molar-refractivity contribution is 5.91. The van der Waals surface area contributed by atoms with Crippen LogP contribution in [0.1, 0.15) is 18.1 Å². The van der Waals surface area contributed by atoms with Crippen molar-refractivity contribution in [1.82, 2.24) is 15.6 Å². The van der Waals surface area contributed by atoms with E-state index in [4.69, 9.17) is 4.74 Å². The summed E-state index contributed by atoms with van der Waals surface area (Å²) >= 11 is 0. The molecular formula is C23H25N3O4. The number of aromatic nitrogens is 1. The van der Waals surface area contributed by atoms with Gasteiger partial charge in [0.15, 0.2) is 0 Å². The van der Waals surface area contributed by atoms with Crippen LogP contribution >= 0.6 is 0 Å². The van der Waals surface area contributed by atoms with Gasteiger partial charge in [-0.3, -0.25) is 9.59 Å². The van der Waals surface area contributed by atoms with Gasteiger partial charge in [-0.15, -0.1) is 0 Å². The van der Waals surface area contributed by atoms with E-state index in [0.29, 0.717) is 6.42 Å². The highest BCUT2D eigenvalue weighted by atomic mass is 16.5. The lowest BCUT2D eigenvalue weighted by Crippen LogP contribution is -2.53. The van der Waals surface area contributed by atoms with E-state index in [1.54, 1.807) is 0 Å². The molecule has 7 nitrogen and oxygen atoms in total. The second-order valence-corrected chi connectivity index (χ2v) is 7.09. The molecule has 0 radical (unpaired) electrons. The second-order valence-electron chi connectivity index (χ2n) is 7.09. The fourth-order valence-corrected chi connectivity index (χ4v) is 3.43. The molecule has 3 rings (SSSR count). The Kier molecular flexibility index (Phi) is 6.85. The molecule has 0 unspecified atom stereocenters. The third-order valence-corrected chi connectivity index (χ3v) is 4.88. The number of rotatable bonds is 8. The summed E-state index contributed by atoms with van der Waals surface area (Å²) in [5, 5.41) is 6.40. The molecule has 0 bridgehead atoms. The normalized spacial score (nSPS) is 12.7. The maximum Gasteiger partial charge on any atom is 0.328 e. The Balaban J connectivity index is 1.78. The first-order valence-electron chi connectivity index (χ1n) is 9.72. The molecule has 156 valence electrons. The summed E-state index contributed by atoms with van der Waals surface area (Å²) in [6.45, 7) is 1.36. The predicted molar refractivity (Wildman–Crippen MR) is 114 cm³/mol. The van der Waals surface area contributed by atoms with Crippen LogP contribution in [-0.4, -0.2) is 42.0 Å². The minimum Gasteiger partial charge on any atom is -0.467 e. The number of methoxy groups -OCH3 is 1. The fraction of sp³-hybridized carbons (Fsp3) is 0.261. The zero-order chi connectivity index (χ0) is 21.5. The Morgan fingerprint density at radius 1 is 0.933 bits per heavy atom. The number of hydrogen-bond donors (Lipinski definition) is 3. The number of ether oxygens (including phenoxy) is 1.